The molecule has 2 amide bonds. The van der Waals surface area contributed by atoms with Crippen LogP contribution in [0.25, 0.3) is 0 Å². The van der Waals surface area contributed by atoms with Gasteiger partial charge in [-0.2, -0.15) is 0 Å². The van der Waals surface area contributed by atoms with E-state index in [1.54, 1.807) is 11.9 Å². The third kappa shape index (κ3) is 4.51. The topological polar surface area (TPSA) is 52.6 Å². The van der Waals surface area contributed by atoms with Gasteiger partial charge in [-0.1, -0.05) is 42.9 Å². The Hall–Kier alpha value is -1.99. The molecule has 0 spiro atoms. The standard InChI is InChI=1S/C17H22N2O2/c1-19(17(21)18-16-10-4-5-11-16)13-15-8-3-2-7-14(15)9-6-12-20/h2-3,7-8,16,20H,4-5,10-13H2,1H3,(H,18,21). The van der Waals surface area contributed by atoms with Crippen LogP contribution in [0.3, 0.4) is 0 Å². The van der Waals surface area contributed by atoms with E-state index in [4.69, 9.17) is 5.11 Å². The third-order valence-corrected chi connectivity index (χ3v) is 3.76. The average molecular weight is 286 g/mol. The molecule has 0 saturated heterocycles. The van der Waals surface area contributed by atoms with E-state index in [0.717, 1.165) is 24.0 Å². The van der Waals surface area contributed by atoms with E-state index in [1.165, 1.54) is 12.8 Å². The van der Waals surface area contributed by atoms with E-state index in [9.17, 15) is 4.79 Å². The molecule has 0 aromatic heterocycles. The predicted molar refractivity (Wildman–Crippen MR) is 82.7 cm³/mol. The van der Waals surface area contributed by atoms with Crippen LogP contribution in [0.2, 0.25) is 0 Å². The Kier molecular flexibility index (Phi) is 5.65. The molecule has 1 fully saturated rings. The number of aliphatic hydroxyl groups excluding tert-OH is 1. The molecule has 0 bridgehead atoms. The fourth-order valence-corrected chi connectivity index (χ4v) is 2.60. The summed E-state index contributed by atoms with van der Waals surface area (Å²) in [6, 6.07) is 7.99. The van der Waals surface area contributed by atoms with Crippen molar-refractivity contribution >= 4 is 6.03 Å². The molecule has 2 N–H and O–H groups in total. The van der Waals surface area contributed by atoms with Crippen LogP contribution in [0.5, 0.6) is 0 Å². The quantitative estimate of drug-likeness (QED) is 0.836. The van der Waals surface area contributed by atoms with Crippen molar-refractivity contribution in [2.75, 3.05) is 13.7 Å². The van der Waals surface area contributed by atoms with Gasteiger partial charge >= 0.3 is 6.03 Å². The number of urea groups is 1. The van der Waals surface area contributed by atoms with E-state index < -0.39 is 0 Å². The number of carbonyl (C=O) groups excluding carboxylic acids is 1. The number of rotatable bonds is 3. The lowest BCUT2D eigenvalue weighted by atomic mass is 10.1. The van der Waals surface area contributed by atoms with Gasteiger partial charge in [-0.15, -0.1) is 0 Å². The zero-order chi connectivity index (χ0) is 15.1. The molecule has 4 nitrogen and oxygen atoms in total. The van der Waals surface area contributed by atoms with Crippen molar-refractivity contribution in [1.29, 1.82) is 0 Å². The molecule has 1 aliphatic carbocycles. The Morgan fingerprint density at radius 2 is 2.10 bits per heavy atom. The van der Waals surface area contributed by atoms with Crippen molar-refractivity contribution < 1.29 is 9.90 Å². The number of aliphatic hydroxyl groups is 1. The van der Waals surface area contributed by atoms with Crippen molar-refractivity contribution in [2.45, 2.75) is 38.3 Å². The SMILES string of the molecule is CN(Cc1ccccc1C#CCO)C(=O)NC1CCCC1. The number of benzene rings is 1. The summed E-state index contributed by atoms with van der Waals surface area (Å²) in [6.45, 7) is 0.348. The normalized spacial score (nSPS) is 14.4. The minimum atomic E-state index is -0.160. The number of amides is 2. The van der Waals surface area contributed by atoms with Crippen LogP contribution in [0.15, 0.2) is 24.3 Å². The molecule has 112 valence electrons. The van der Waals surface area contributed by atoms with E-state index in [1.807, 2.05) is 24.3 Å². The lowest BCUT2D eigenvalue weighted by molar-refractivity contribution is 0.202. The van der Waals surface area contributed by atoms with E-state index in [0.29, 0.717) is 12.6 Å². The maximum atomic E-state index is 12.2. The first kappa shape index (κ1) is 15.4. The Morgan fingerprint density at radius 3 is 2.81 bits per heavy atom. The van der Waals surface area contributed by atoms with Gasteiger partial charge in [-0.25, -0.2) is 4.79 Å². The Labute approximate surface area is 126 Å². The van der Waals surface area contributed by atoms with Crippen molar-refractivity contribution in [3.05, 3.63) is 35.4 Å². The maximum absolute atomic E-state index is 12.2. The van der Waals surface area contributed by atoms with Crippen LogP contribution in [0.1, 0.15) is 36.8 Å². The summed E-state index contributed by atoms with van der Waals surface area (Å²) in [7, 11) is 1.79. The van der Waals surface area contributed by atoms with Gasteiger partial charge in [0.1, 0.15) is 6.61 Å². The first-order valence-electron chi connectivity index (χ1n) is 7.40. The molecule has 1 aromatic rings. The van der Waals surface area contributed by atoms with Crippen LogP contribution in [-0.4, -0.2) is 35.7 Å². The number of nitrogens with zero attached hydrogens (tertiary/aromatic N) is 1. The summed E-state index contributed by atoms with van der Waals surface area (Å²) in [6.07, 6.45) is 4.57. The molecular weight excluding hydrogens is 264 g/mol. The second-order valence-electron chi connectivity index (χ2n) is 5.40. The highest BCUT2D eigenvalue weighted by atomic mass is 16.2. The first-order valence-corrected chi connectivity index (χ1v) is 7.40. The van der Waals surface area contributed by atoms with Crippen molar-refractivity contribution in [2.24, 2.45) is 0 Å². The molecule has 2 rings (SSSR count). The monoisotopic (exact) mass is 286 g/mol. The number of hydrogen-bond acceptors (Lipinski definition) is 2. The highest BCUT2D eigenvalue weighted by Crippen LogP contribution is 2.18. The third-order valence-electron chi connectivity index (χ3n) is 3.76. The minimum Gasteiger partial charge on any atom is -0.384 e. The van der Waals surface area contributed by atoms with E-state index >= 15 is 0 Å². The number of carbonyl (C=O) groups is 1. The molecule has 4 heteroatoms. The van der Waals surface area contributed by atoms with Crippen LogP contribution in [-0.2, 0) is 6.54 Å². The van der Waals surface area contributed by atoms with Crippen LogP contribution < -0.4 is 5.32 Å². The lowest BCUT2D eigenvalue weighted by Gasteiger charge is -2.21. The zero-order valence-electron chi connectivity index (χ0n) is 12.4. The molecule has 21 heavy (non-hydrogen) atoms. The Morgan fingerprint density at radius 1 is 1.38 bits per heavy atom. The molecule has 1 aliphatic rings. The molecule has 1 aromatic carbocycles. The molecule has 0 unspecified atom stereocenters. The second kappa shape index (κ2) is 7.70. The van der Waals surface area contributed by atoms with Gasteiger partial charge in [0.15, 0.2) is 0 Å². The minimum absolute atomic E-state index is 0.0354. The van der Waals surface area contributed by atoms with Gasteiger partial charge in [-0.05, 0) is 24.5 Å². The van der Waals surface area contributed by atoms with Crippen molar-refractivity contribution in [1.82, 2.24) is 10.2 Å². The smallest absolute Gasteiger partial charge is 0.317 e. The van der Waals surface area contributed by atoms with Gasteiger partial charge in [0, 0.05) is 25.2 Å². The van der Waals surface area contributed by atoms with Crippen LogP contribution in [0, 0.1) is 11.8 Å². The largest absolute Gasteiger partial charge is 0.384 e. The highest BCUT2D eigenvalue weighted by molar-refractivity contribution is 5.74. The van der Waals surface area contributed by atoms with Gasteiger partial charge in [-0.3, -0.25) is 0 Å². The lowest BCUT2D eigenvalue weighted by Crippen LogP contribution is -2.41. The first-order chi connectivity index (χ1) is 10.2. The summed E-state index contributed by atoms with van der Waals surface area (Å²) in [4.78, 5) is 13.8. The van der Waals surface area contributed by atoms with Gasteiger partial charge in [0.25, 0.3) is 0 Å². The summed E-state index contributed by atoms with van der Waals surface area (Å²) >= 11 is 0. The molecule has 0 heterocycles. The summed E-state index contributed by atoms with van der Waals surface area (Å²) < 4.78 is 0. The average Bonchev–Trinajstić information content (AvgIpc) is 2.99. The van der Waals surface area contributed by atoms with Gasteiger partial charge < -0.3 is 15.3 Å². The molecule has 0 atom stereocenters. The molecule has 0 radical (unpaired) electrons. The van der Waals surface area contributed by atoms with Crippen molar-refractivity contribution in [3.8, 4) is 11.8 Å². The second-order valence-corrected chi connectivity index (χ2v) is 5.40. The zero-order valence-corrected chi connectivity index (χ0v) is 12.4. The Balaban J connectivity index is 1.98. The van der Waals surface area contributed by atoms with Gasteiger partial charge in [0.05, 0.1) is 0 Å². The number of nitrogens with one attached hydrogen (secondary N) is 1. The maximum Gasteiger partial charge on any atom is 0.317 e. The van der Waals surface area contributed by atoms with Crippen LogP contribution >= 0.6 is 0 Å². The molecular formula is C17H22N2O2. The van der Waals surface area contributed by atoms with Gasteiger partial charge in [0.2, 0.25) is 0 Å². The summed E-state index contributed by atoms with van der Waals surface area (Å²) in [5.74, 6) is 5.57. The number of hydrogen-bond donors (Lipinski definition) is 2. The van der Waals surface area contributed by atoms with E-state index in [-0.39, 0.29) is 12.6 Å². The fraction of sp³-hybridized carbons (Fsp3) is 0.471. The summed E-state index contributed by atoms with van der Waals surface area (Å²) in [5, 5.41) is 11.9. The fourth-order valence-electron chi connectivity index (χ4n) is 2.60. The highest BCUT2D eigenvalue weighted by Gasteiger charge is 2.19. The molecule has 1 saturated carbocycles. The predicted octanol–water partition coefficient (Wildman–Crippen LogP) is 2.11. The van der Waals surface area contributed by atoms with E-state index in [2.05, 4.69) is 17.2 Å². The van der Waals surface area contributed by atoms with Crippen LogP contribution in [0.4, 0.5) is 4.79 Å². The Bertz CT molecular complexity index is 539. The summed E-state index contributed by atoms with van der Waals surface area (Å²) in [5.41, 5.74) is 1.84. The molecule has 0 aliphatic heterocycles. The van der Waals surface area contributed by atoms with Crippen molar-refractivity contribution in [3.63, 3.8) is 0 Å².